The molecule has 0 aliphatic carbocycles. The number of aromatic amines is 1. The maximum atomic E-state index is 12.3. The van der Waals surface area contributed by atoms with Crippen LogP contribution in [0, 0.1) is 3.57 Å². The molecule has 7 heteroatoms. The molecule has 1 N–H and O–H groups in total. The molecule has 0 fully saturated rings. The standard InChI is InChI=1S/C12H9BrClIN2O2/c1-2-7-10(14)16-12(19)17(11(7)18)9-5-6(15)3-4-8(9)13/h3-5H,2H2,1H3,(H,16,19). The zero-order valence-corrected chi connectivity index (χ0v) is 14.3. The van der Waals surface area contributed by atoms with E-state index in [2.05, 4.69) is 43.5 Å². The van der Waals surface area contributed by atoms with Crippen LogP contribution in [0.25, 0.3) is 5.69 Å². The predicted octanol–water partition coefficient (Wildman–Crippen LogP) is 3.11. The van der Waals surface area contributed by atoms with E-state index in [0.29, 0.717) is 22.1 Å². The first-order valence-electron chi connectivity index (χ1n) is 5.44. The number of aromatic nitrogens is 2. The van der Waals surface area contributed by atoms with E-state index in [4.69, 9.17) is 11.6 Å². The van der Waals surface area contributed by atoms with Gasteiger partial charge in [-0.1, -0.05) is 18.5 Å². The Bertz CT molecular complexity index is 754. The summed E-state index contributed by atoms with van der Waals surface area (Å²) >= 11 is 11.4. The normalized spacial score (nSPS) is 10.7. The molecule has 0 atom stereocenters. The molecular formula is C12H9BrClIN2O2. The third-order valence-corrected chi connectivity index (χ3v) is 4.31. The maximum absolute atomic E-state index is 12.3. The number of hydrogen-bond acceptors (Lipinski definition) is 2. The second-order valence-corrected chi connectivity index (χ2v) is 6.29. The molecule has 0 aliphatic rings. The lowest BCUT2D eigenvalue weighted by Gasteiger charge is -2.10. The first-order chi connectivity index (χ1) is 8.95. The van der Waals surface area contributed by atoms with Crippen LogP contribution in [-0.2, 0) is 6.42 Å². The van der Waals surface area contributed by atoms with Gasteiger partial charge in [-0.2, -0.15) is 0 Å². The molecular weight excluding hydrogens is 446 g/mol. The van der Waals surface area contributed by atoms with Gasteiger partial charge in [-0.15, -0.1) is 0 Å². The molecule has 0 saturated carbocycles. The smallest absolute Gasteiger partial charge is 0.297 e. The van der Waals surface area contributed by atoms with E-state index in [0.717, 1.165) is 8.14 Å². The Balaban J connectivity index is 2.87. The van der Waals surface area contributed by atoms with Crippen LogP contribution in [0.4, 0.5) is 0 Å². The van der Waals surface area contributed by atoms with Crippen LogP contribution in [0.15, 0.2) is 32.3 Å². The molecule has 2 rings (SSSR count). The number of nitrogens with one attached hydrogen (secondary N) is 1. The van der Waals surface area contributed by atoms with E-state index in [9.17, 15) is 9.59 Å². The van der Waals surface area contributed by atoms with Gasteiger partial charge in [-0.25, -0.2) is 9.36 Å². The Hall–Kier alpha value is -0.600. The van der Waals surface area contributed by atoms with Gasteiger partial charge in [0.2, 0.25) is 0 Å². The van der Waals surface area contributed by atoms with Crippen LogP contribution in [0.1, 0.15) is 12.5 Å². The van der Waals surface area contributed by atoms with E-state index in [1.54, 1.807) is 12.1 Å². The highest BCUT2D eigenvalue weighted by atomic mass is 127. The number of H-pyrrole nitrogens is 1. The SMILES string of the molecule is CCc1c(Cl)[nH]c(=O)n(-c2cc(I)ccc2Br)c1=O. The Kier molecular flexibility index (Phi) is 4.52. The largest absolute Gasteiger partial charge is 0.334 e. The summed E-state index contributed by atoms with van der Waals surface area (Å²) < 4.78 is 2.69. The molecule has 1 heterocycles. The van der Waals surface area contributed by atoms with Gasteiger partial charge in [0.15, 0.2) is 0 Å². The van der Waals surface area contributed by atoms with Gasteiger partial charge in [0, 0.05) is 8.04 Å². The van der Waals surface area contributed by atoms with Crippen molar-refractivity contribution in [3.8, 4) is 5.69 Å². The third-order valence-electron chi connectivity index (χ3n) is 2.65. The van der Waals surface area contributed by atoms with Gasteiger partial charge in [0.25, 0.3) is 5.56 Å². The van der Waals surface area contributed by atoms with Crippen LogP contribution in [0.2, 0.25) is 5.15 Å². The molecule has 19 heavy (non-hydrogen) atoms. The van der Waals surface area contributed by atoms with Gasteiger partial charge in [0.05, 0.1) is 11.3 Å². The van der Waals surface area contributed by atoms with Gasteiger partial charge in [-0.05, 0) is 63.1 Å². The van der Waals surface area contributed by atoms with Crippen molar-refractivity contribution < 1.29 is 0 Å². The van der Waals surface area contributed by atoms with Gasteiger partial charge in [0.1, 0.15) is 5.15 Å². The molecule has 0 bridgehead atoms. The van der Waals surface area contributed by atoms with Crippen LogP contribution < -0.4 is 11.2 Å². The molecule has 0 spiro atoms. The maximum Gasteiger partial charge on any atom is 0.334 e. The summed E-state index contributed by atoms with van der Waals surface area (Å²) in [5, 5.41) is 0.107. The Morgan fingerprint density at radius 1 is 1.42 bits per heavy atom. The quantitative estimate of drug-likeness (QED) is 0.559. The van der Waals surface area contributed by atoms with Crippen molar-refractivity contribution in [3.05, 3.63) is 57.8 Å². The summed E-state index contributed by atoms with van der Waals surface area (Å²) in [5.74, 6) is 0. The Labute approximate surface area is 136 Å². The molecule has 1 aromatic carbocycles. The fourth-order valence-corrected chi connectivity index (χ4v) is 2.92. The summed E-state index contributed by atoms with van der Waals surface area (Å²) in [4.78, 5) is 26.8. The molecule has 1 aromatic heterocycles. The van der Waals surface area contributed by atoms with E-state index in [1.807, 2.05) is 13.0 Å². The van der Waals surface area contributed by atoms with Crippen molar-refractivity contribution in [2.75, 3.05) is 0 Å². The topological polar surface area (TPSA) is 54.9 Å². The first-order valence-corrected chi connectivity index (χ1v) is 7.69. The van der Waals surface area contributed by atoms with Crippen LogP contribution in [0.5, 0.6) is 0 Å². The lowest BCUT2D eigenvalue weighted by atomic mass is 10.2. The number of hydrogen-bond donors (Lipinski definition) is 1. The van der Waals surface area contributed by atoms with Crippen molar-refractivity contribution in [1.82, 2.24) is 9.55 Å². The highest BCUT2D eigenvalue weighted by Crippen LogP contribution is 2.21. The van der Waals surface area contributed by atoms with Gasteiger partial charge in [-0.3, -0.25) is 9.78 Å². The van der Waals surface area contributed by atoms with Crippen molar-refractivity contribution in [2.24, 2.45) is 0 Å². The molecule has 0 unspecified atom stereocenters. The minimum atomic E-state index is -0.546. The average molecular weight is 455 g/mol. The fourth-order valence-electron chi connectivity index (χ4n) is 1.73. The zero-order chi connectivity index (χ0) is 14.2. The second kappa shape index (κ2) is 5.80. The highest BCUT2D eigenvalue weighted by Gasteiger charge is 2.14. The minimum absolute atomic E-state index is 0.107. The Morgan fingerprint density at radius 2 is 2.11 bits per heavy atom. The predicted molar refractivity (Wildman–Crippen MR) is 87.5 cm³/mol. The zero-order valence-electron chi connectivity index (χ0n) is 9.84. The van der Waals surface area contributed by atoms with E-state index < -0.39 is 5.69 Å². The van der Waals surface area contributed by atoms with E-state index >= 15 is 0 Å². The summed E-state index contributed by atoms with van der Waals surface area (Å²) in [7, 11) is 0. The highest BCUT2D eigenvalue weighted by molar-refractivity contribution is 14.1. The van der Waals surface area contributed by atoms with Crippen LogP contribution in [0.3, 0.4) is 0 Å². The van der Waals surface area contributed by atoms with Crippen LogP contribution >= 0.6 is 50.1 Å². The first kappa shape index (κ1) is 14.8. The van der Waals surface area contributed by atoms with Crippen molar-refractivity contribution >= 4 is 50.1 Å². The lowest BCUT2D eigenvalue weighted by molar-refractivity contribution is 0.838. The Morgan fingerprint density at radius 3 is 2.74 bits per heavy atom. The minimum Gasteiger partial charge on any atom is -0.297 e. The lowest BCUT2D eigenvalue weighted by Crippen LogP contribution is -2.36. The molecule has 0 amide bonds. The number of rotatable bonds is 2. The monoisotopic (exact) mass is 454 g/mol. The third kappa shape index (κ3) is 2.80. The molecule has 0 saturated heterocycles. The molecule has 0 radical (unpaired) electrons. The van der Waals surface area contributed by atoms with E-state index in [1.165, 1.54) is 0 Å². The second-order valence-electron chi connectivity index (χ2n) is 3.81. The van der Waals surface area contributed by atoms with Crippen molar-refractivity contribution in [1.29, 1.82) is 0 Å². The van der Waals surface area contributed by atoms with Crippen molar-refractivity contribution in [2.45, 2.75) is 13.3 Å². The van der Waals surface area contributed by atoms with Crippen LogP contribution in [-0.4, -0.2) is 9.55 Å². The molecule has 0 aliphatic heterocycles. The summed E-state index contributed by atoms with van der Waals surface area (Å²) in [6.45, 7) is 1.81. The summed E-state index contributed by atoms with van der Waals surface area (Å²) in [6, 6.07) is 5.43. The van der Waals surface area contributed by atoms with Crippen molar-refractivity contribution in [3.63, 3.8) is 0 Å². The van der Waals surface area contributed by atoms with E-state index in [-0.39, 0.29) is 10.7 Å². The molecule has 4 nitrogen and oxygen atoms in total. The van der Waals surface area contributed by atoms with Gasteiger partial charge < -0.3 is 0 Å². The fraction of sp³-hybridized carbons (Fsp3) is 0.167. The summed E-state index contributed by atoms with van der Waals surface area (Å²) in [5.41, 5.74) is -0.0367. The summed E-state index contributed by atoms with van der Waals surface area (Å²) in [6.07, 6.45) is 0.454. The molecule has 2 aromatic rings. The molecule has 100 valence electrons. The number of benzene rings is 1. The number of halogens is 3. The number of nitrogens with zero attached hydrogens (tertiary/aromatic N) is 1. The van der Waals surface area contributed by atoms with Gasteiger partial charge >= 0.3 is 5.69 Å². The average Bonchev–Trinajstić information content (AvgIpc) is 2.33.